The lowest BCUT2D eigenvalue weighted by Crippen LogP contribution is -2.31. The Bertz CT molecular complexity index is 1090. The molecule has 0 amide bonds. The van der Waals surface area contributed by atoms with Crippen LogP contribution in [0.2, 0.25) is 0 Å². The Morgan fingerprint density at radius 1 is 0.650 bits per heavy atom. The van der Waals surface area contributed by atoms with Crippen LogP contribution >= 0.6 is 0 Å². The molecule has 4 rings (SSSR count). The van der Waals surface area contributed by atoms with Gasteiger partial charge >= 0.3 is 0 Å². The van der Waals surface area contributed by atoms with E-state index in [1.807, 2.05) is 12.2 Å². The molecule has 0 spiro atoms. The zero-order valence-electron chi connectivity index (χ0n) is 24.1. The van der Waals surface area contributed by atoms with Crippen LogP contribution in [-0.4, -0.2) is 84.8 Å². The van der Waals surface area contributed by atoms with E-state index in [1.54, 1.807) is 0 Å². The minimum atomic E-state index is 0.157. The number of allylic oxidation sites excluding steroid dienone is 2. The maximum atomic E-state index is 13.1. The van der Waals surface area contributed by atoms with Crippen LogP contribution in [0.25, 0.3) is 12.2 Å². The van der Waals surface area contributed by atoms with Crippen LogP contribution in [0.4, 0.5) is 11.4 Å². The standard InChI is InChI=1S/C33H44N2O5/c1-3-34(4-2)31-11-5-27(6-12-31)25-29-9-10-30(33(29)36)26-28-7-13-32(14-8-28)35-15-17-37-19-21-39-23-24-40-22-20-38-18-16-35/h5-8,11-14,25-26H,3-4,9-10,15-24H2,1-2H3/b29-25-,30-26-. The van der Waals surface area contributed by atoms with E-state index in [1.165, 1.54) is 5.69 Å². The van der Waals surface area contributed by atoms with Crippen molar-refractivity contribution >= 4 is 29.3 Å². The van der Waals surface area contributed by atoms with Crippen LogP contribution in [0.5, 0.6) is 0 Å². The van der Waals surface area contributed by atoms with E-state index in [0.717, 1.165) is 67.0 Å². The molecule has 0 N–H and O–H groups in total. The second kappa shape index (κ2) is 16.3. The van der Waals surface area contributed by atoms with Gasteiger partial charge < -0.3 is 28.7 Å². The van der Waals surface area contributed by atoms with Gasteiger partial charge in [0, 0.05) is 48.7 Å². The van der Waals surface area contributed by atoms with Gasteiger partial charge in [0.1, 0.15) is 0 Å². The summed E-state index contributed by atoms with van der Waals surface area (Å²) >= 11 is 0. The maximum absolute atomic E-state index is 13.1. The van der Waals surface area contributed by atoms with Crippen molar-refractivity contribution in [2.45, 2.75) is 26.7 Å². The van der Waals surface area contributed by atoms with Gasteiger partial charge in [-0.25, -0.2) is 0 Å². The van der Waals surface area contributed by atoms with Gasteiger partial charge in [-0.2, -0.15) is 0 Å². The first kappa shape index (κ1) is 30.0. The summed E-state index contributed by atoms with van der Waals surface area (Å²) in [4.78, 5) is 17.7. The molecule has 1 saturated carbocycles. The van der Waals surface area contributed by atoms with Gasteiger partial charge in [-0.1, -0.05) is 24.3 Å². The second-order valence-corrected chi connectivity index (χ2v) is 9.96. The molecule has 0 unspecified atom stereocenters. The molecule has 40 heavy (non-hydrogen) atoms. The fourth-order valence-electron chi connectivity index (χ4n) is 5.01. The maximum Gasteiger partial charge on any atom is 0.185 e. The Labute approximate surface area is 239 Å². The first-order valence-corrected chi connectivity index (χ1v) is 14.6. The third-order valence-electron chi connectivity index (χ3n) is 7.34. The number of carbonyl (C=O) groups is 1. The summed E-state index contributed by atoms with van der Waals surface area (Å²) in [6, 6.07) is 16.9. The summed E-state index contributed by atoms with van der Waals surface area (Å²) in [6.45, 7) is 12.5. The van der Waals surface area contributed by atoms with Gasteiger partial charge in [0.15, 0.2) is 5.78 Å². The molecule has 1 saturated heterocycles. The number of anilines is 2. The lowest BCUT2D eigenvalue weighted by Gasteiger charge is -2.25. The van der Waals surface area contributed by atoms with Gasteiger partial charge in [0.05, 0.1) is 52.9 Å². The Hall–Kier alpha value is -2.97. The number of hydrogen-bond donors (Lipinski definition) is 0. The van der Waals surface area contributed by atoms with Crippen LogP contribution in [0.15, 0.2) is 59.7 Å². The zero-order chi connectivity index (χ0) is 28.0. The smallest absolute Gasteiger partial charge is 0.185 e. The van der Waals surface area contributed by atoms with Crippen LogP contribution in [0.1, 0.15) is 37.8 Å². The molecule has 0 radical (unpaired) electrons. The van der Waals surface area contributed by atoms with Crippen molar-refractivity contribution in [2.75, 3.05) is 88.8 Å². The van der Waals surface area contributed by atoms with E-state index in [9.17, 15) is 4.79 Å². The second-order valence-electron chi connectivity index (χ2n) is 9.96. The SMILES string of the molecule is CCN(CC)c1ccc(/C=C2/CC/C(=C/c3ccc(N4CCOCCOCCOCCOCC4)cc3)C2=O)cc1. The third-order valence-corrected chi connectivity index (χ3v) is 7.34. The molecule has 7 heteroatoms. The van der Waals surface area contributed by atoms with Crippen molar-refractivity contribution in [1.82, 2.24) is 0 Å². The summed E-state index contributed by atoms with van der Waals surface area (Å²) in [5.41, 5.74) is 6.20. The molecule has 1 heterocycles. The fourth-order valence-corrected chi connectivity index (χ4v) is 5.01. The quantitative estimate of drug-likeness (QED) is 0.457. The van der Waals surface area contributed by atoms with Gasteiger partial charge in [0.25, 0.3) is 0 Å². The van der Waals surface area contributed by atoms with Gasteiger partial charge in [-0.15, -0.1) is 0 Å². The largest absolute Gasteiger partial charge is 0.377 e. The summed E-state index contributed by atoms with van der Waals surface area (Å²) in [5, 5.41) is 0. The van der Waals surface area contributed by atoms with Crippen LogP contribution in [-0.2, 0) is 23.7 Å². The average molecular weight is 549 g/mol. The number of ketones is 1. The summed E-state index contributed by atoms with van der Waals surface area (Å²) in [5.74, 6) is 0.157. The van der Waals surface area contributed by atoms with Crippen molar-refractivity contribution in [3.63, 3.8) is 0 Å². The summed E-state index contributed by atoms with van der Waals surface area (Å²) in [6.07, 6.45) is 5.64. The van der Waals surface area contributed by atoms with E-state index in [2.05, 4.69) is 72.2 Å². The highest BCUT2D eigenvalue weighted by molar-refractivity contribution is 6.15. The number of carbonyl (C=O) groups excluding carboxylic acids is 1. The molecule has 2 aromatic carbocycles. The zero-order valence-corrected chi connectivity index (χ0v) is 24.1. The first-order valence-electron chi connectivity index (χ1n) is 14.6. The predicted octanol–water partition coefficient (Wildman–Crippen LogP) is 5.25. The molecular formula is C33H44N2O5. The van der Waals surface area contributed by atoms with Crippen LogP contribution in [0.3, 0.4) is 0 Å². The van der Waals surface area contributed by atoms with Crippen molar-refractivity contribution < 1.29 is 23.7 Å². The van der Waals surface area contributed by atoms with Crippen molar-refractivity contribution in [1.29, 1.82) is 0 Å². The van der Waals surface area contributed by atoms with E-state index in [0.29, 0.717) is 52.9 Å². The normalized spacial score (nSPS) is 20.4. The number of rotatable bonds is 6. The molecule has 2 aliphatic rings. The third kappa shape index (κ3) is 9.03. The van der Waals surface area contributed by atoms with Crippen molar-refractivity contribution in [2.24, 2.45) is 0 Å². The van der Waals surface area contributed by atoms with Crippen molar-refractivity contribution in [3.8, 4) is 0 Å². The molecule has 1 aliphatic heterocycles. The number of hydrogen-bond acceptors (Lipinski definition) is 7. The first-order chi connectivity index (χ1) is 19.7. The molecule has 0 bridgehead atoms. The Morgan fingerprint density at radius 2 is 1.07 bits per heavy atom. The van der Waals surface area contributed by atoms with Crippen LogP contribution < -0.4 is 9.80 Å². The lowest BCUT2D eigenvalue weighted by atomic mass is 10.1. The van der Waals surface area contributed by atoms with Gasteiger partial charge in [-0.3, -0.25) is 4.79 Å². The topological polar surface area (TPSA) is 60.5 Å². The van der Waals surface area contributed by atoms with E-state index in [4.69, 9.17) is 18.9 Å². The molecule has 216 valence electrons. The lowest BCUT2D eigenvalue weighted by molar-refractivity contribution is -0.111. The van der Waals surface area contributed by atoms with Crippen LogP contribution in [0, 0.1) is 0 Å². The predicted molar refractivity (Wildman–Crippen MR) is 162 cm³/mol. The Balaban J connectivity index is 1.37. The highest BCUT2D eigenvalue weighted by Crippen LogP contribution is 2.30. The molecule has 2 aromatic rings. The Morgan fingerprint density at radius 3 is 1.52 bits per heavy atom. The minimum Gasteiger partial charge on any atom is -0.377 e. The Kier molecular flexibility index (Phi) is 12.2. The number of ether oxygens (including phenoxy) is 4. The molecule has 7 nitrogen and oxygen atoms in total. The van der Waals surface area contributed by atoms with Gasteiger partial charge in [0.2, 0.25) is 0 Å². The molecule has 2 fully saturated rings. The van der Waals surface area contributed by atoms with E-state index < -0.39 is 0 Å². The molecular weight excluding hydrogens is 504 g/mol. The number of Topliss-reactive ketones (excluding diaryl/α,β-unsaturated/α-hetero) is 1. The molecule has 0 aromatic heterocycles. The highest BCUT2D eigenvalue weighted by Gasteiger charge is 2.23. The average Bonchev–Trinajstić information content (AvgIpc) is 3.31. The van der Waals surface area contributed by atoms with E-state index in [-0.39, 0.29) is 5.78 Å². The fraction of sp³-hybridized carbons (Fsp3) is 0.485. The highest BCUT2D eigenvalue weighted by atomic mass is 16.6. The van der Waals surface area contributed by atoms with Crippen molar-refractivity contribution in [3.05, 3.63) is 70.8 Å². The number of nitrogens with zero attached hydrogens (tertiary/aromatic N) is 2. The minimum absolute atomic E-state index is 0.157. The summed E-state index contributed by atoms with van der Waals surface area (Å²) in [7, 11) is 0. The molecule has 1 aliphatic carbocycles. The monoisotopic (exact) mass is 548 g/mol. The summed E-state index contributed by atoms with van der Waals surface area (Å²) < 4.78 is 22.6. The molecule has 0 atom stereocenters. The number of benzene rings is 2. The van der Waals surface area contributed by atoms with E-state index >= 15 is 0 Å². The van der Waals surface area contributed by atoms with Gasteiger partial charge in [-0.05, 0) is 74.2 Å².